The van der Waals surface area contributed by atoms with Crippen LogP contribution < -0.4 is 4.43 Å². The zero-order valence-corrected chi connectivity index (χ0v) is 7.04. The minimum Gasteiger partial charge on any atom is -0.345 e. The Morgan fingerprint density at radius 2 is 2.50 bits per heavy atom. The van der Waals surface area contributed by atoms with E-state index in [-0.39, 0.29) is 0 Å². The lowest BCUT2D eigenvalue weighted by Gasteiger charge is -1.88. The summed E-state index contributed by atoms with van der Waals surface area (Å²) >= 11 is 0. The van der Waals surface area contributed by atoms with Gasteiger partial charge in [-0.05, 0) is 17.0 Å². The van der Waals surface area contributed by atoms with Crippen LogP contribution in [0, 0.1) is 4.91 Å². The lowest BCUT2D eigenvalue weighted by molar-refractivity contribution is -0.498. The number of nitrogens with zero attached hydrogens (tertiary/aromatic N) is 1. The van der Waals surface area contributed by atoms with Gasteiger partial charge in [0.05, 0.1) is 10.6 Å². The van der Waals surface area contributed by atoms with Gasteiger partial charge >= 0.3 is 0 Å². The van der Waals surface area contributed by atoms with Crippen molar-refractivity contribution in [3.63, 3.8) is 0 Å². The highest BCUT2D eigenvalue weighted by Crippen LogP contribution is 2.24. The summed E-state index contributed by atoms with van der Waals surface area (Å²) in [5.41, 5.74) is 0. The molecule has 0 atom stereocenters. The summed E-state index contributed by atoms with van der Waals surface area (Å²) in [4.78, 5) is 13.6. The van der Waals surface area contributed by atoms with Crippen molar-refractivity contribution < 1.29 is 4.43 Å². The van der Waals surface area contributed by atoms with Crippen molar-refractivity contribution in [1.82, 2.24) is 4.98 Å². The van der Waals surface area contributed by atoms with Gasteiger partial charge in [0.2, 0.25) is 6.20 Å². The molecule has 54 valence electrons. The van der Waals surface area contributed by atoms with E-state index in [1.807, 2.05) is 6.26 Å². The van der Waals surface area contributed by atoms with Crippen LogP contribution in [0.25, 0.3) is 0 Å². The fourth-order valence-electron chi connectivity index (χ4n) is 0.524. The number of aromatic nitrogens is 2. The number of hydrogen-bond acceptors (Lipinski definition) is 3. The van der Waals surface area contributed by atoms with Gasteiger partial charge in [-0.15, -0.1) is 0 Å². The molecule has 1 rings (SSSR count). The molecule has 0 amide bonds. The molecule has 3 nitrogen and oxygen atoms in total. The molecule has 1 aromatic rings. The maximum absolute atomic E-state index is 10.6. The molecule has 0 aromatic carbocycles. The summed E-state index contributed by atoms with van der Waals surface area (Å²) in [5, 5.41) is 0.866. The van der Waals surface area contributed by atoms with Crippen LogP contribution in [-0.2, 0) is 0 Å². The van der Waals surface area contributed by atoms with E-state index in [1.54, 1.807) is 17.0 Å². The fourth-order valence-corrected chi connectivity index (χ4v) is 1.78. The van der Waals surface area contributed by atoms with Crippen molar-refractivity contribution in [2.45, 2.75) is 5.03 Å². The lowest BCUT2D eigenvalue weighted by Crippen LogP contribution is -2.11. The van der Waals surface area contributed by atoms with Gasteiger partial charge in [0, 0.05) is 4.91 Å². The van der Waals surface area contributed by atoms with Crippen LogP contribution in [0.5, 0.6) is 0 Å². The van der Waals surface area contributed by atoms with Crippen LogP contribution >= 0.6 is 21.6 Å². The summed E-state index contributed by atoms with van der Waals surface area (Å²) in [6.45, 7) is 0. The van der Waals surface area contributed by atoms with Crippen LogP contribution in [0.4, 0.5) is 0 Å². The van der Waals surface area contributed by atoms with E-state index in [4.69, 9.17) is 0 Å². The standard InChI is InChI=1S/C5H7N2OS2/c1-9-10-5-4-7(8)3-2-6-5/h2-4H,1H3,(H,6,8)/q+1. The molecule has 5 heteroatoms. The van der Waals surface area contributed by atoms with E-state index in [0.29, 0.717) is 0 Å². The van der Waals surface area contributed by atoms with E-state index in [1.165, 1.54) is 23.2 Å². The predicted molar refractivity (Wildman–Crippen MR) is 43.5 cm³/mol. The normalized spacial score (nSPS) is 9.70. The Labute approximate surface area is 66.2 Å². The number of aromatic amines is 1. The van der Waals surface area contributed by atoms with Crippen molar-refractivity contribution in [3.8, 4) is 0 Å². The van der Waals surface area contributed by atoms with E-state index in [9.17, 15) is 4.91 Å². The highest BCUT2D eigenvalue weighted by molar-refractivity contribution is 8.76. The zero-order valence-electron chi connectivity index (χ0n) is 5.40. The Morgan fingerprint density at radius 3 is 3.10 bits per heavy atom. The second-order valence-electron chi connectivity index (χ2n) is 1.56. The van der Waals surface area contributed by atoms with Crippen LogP contribution in [0.1, 0.15) is 0 Å². The van der Waals surface area contributed by atoms with Crippen molar-refractivity contribution in [1.29, 1.82) is 0 Å². The smallest absolute Gasteiger partial charge is 0.258 e. The third-order valence-electron chi connectivity index (χ3n) is 0.865. The molecule has 0 saturated heterocycles. The van der Waals surface area contributed by atoms with Gasteiger partial charge in [-0.3, -0.25) is 0 Å². The molecule has 0 aliphatic carbocycles. The first-order valence-corrected chi connectivity index (χ1v) is 5.20. The van der Waals surface area contributed by atoms with E-state index in [2.05, 4.69) is 4.98 Å². The number of rotatable bonds is 2. The molecule has 0 fully saturated rings. The average Bonchev–Trinajstić information content (AvgIpc) is 1.88. The monoisotopic (exact) mass is 175 g/mol. The highest BCUT2D eigenvalue weighted by Gasteiger charge is 1.97. The lowest BCUT2D eigenvalue weighted by atomic mass is 10.8. The summed E-state index contributed by atoms with van der Waals surface area (Å²) in [5.74, 6) is 0. The third kappa shape index (κ3) is 2.07. The first-order chi connectivity index (χ1) is 4.83. The summed E-state index contributed by atoms with van der Waals surface area (Å²) in [6, 6.07) is 0. The quantitative estimate of drug-likeness (QED) is 0.544. The van der Waals surface area contributed by atoms with Gasteiger partial charge in [0.1, 0.15) is 0 Å². The molecule has 0 bridgehead atoms. The topological polar surface area (TPSA) is 38.8 Å². The van der Waals surface area contributed by atoms with Crippen molar-refractivity contribution in [2.24, 2.45) is 0 Å². The molecular weight excluding hydrogens is 168 g/mol. The molecule has 1 heterocycles. The van der Waals surface area contributed by atoms with Crippen LogP contribution in [0.3, 0.4) is 0 Å². The molecule has 0 aliphatic heterocycles. The Bertz CT molecular complexity index is 260. The first kappa shape index (κ1) is 7.68. The van der Waals surface area contributed by atoms with Crippen LogP contribution in [0.15, 0.2) is 23.6 Å². The van der Waals surface area contributed by atoms with Gasteiger partial charge in [-0.1, -0.05) is 10.8 Å². The Morgan fingerprint density at radius 1 is 1.70 bits per heavy atom. The minimum atomic E-state index is 0.773. The molecule has 0 radical (unpaired) electrons. The molecule has 1 aromatic heterocycles. The maximum atomic E-state index is 10.6. The maximum Gasteiger partial charge on any atom is 0.258 e. The summed E-state index contributed by atoms with van der Waals surface area (Å²) in [6.07, 6.45) is 6.50. The van der Waals surface area contributed by atoms with Gasteiger partial charge < -0.3 is 4.98 Å². The Balaban J connectivity index is 2.85. The molecule has 0 aliphatic rings. The molecule has 0 spiro atoms. The zero-order chi connectivity index (χ0) is 7.40. The SMILES string of the molecule is CSSc1c[n+](=O)cc[nH]1. The van der Waals surface area contributed by atoms with Crippen molar-refractivity contribution >= 4 is 21.6 Å². The molecule has 0 saturated carbocycles. The molecule has 10 heavy (non-hydrogen) atoms. The number of hydrogen-bond donors (Lipinski definition) is 1. The number of nitrogens with one attached hydrogen (secondary N) is 1. The summed E-state index contributed by atoms with van der Waals surface area (Å²) in [7, 11) is 3.13. The second kappa shape index (κ2) is 3.68. The van der Waals surface area contributed by atoms with Gasteiger partial charge in [0.15, 0.2) is 5.03 Å². The van der Waals surface area contributed by atoms with Crippen molar-refractivity contribution in [2.75, 3.05) is 6.26 Å². The van der Waals surface area contributed by atoms with E-state index >= 15 is 0 Å². The van der Waals surface area contributed by atoms with Crippen LogP contribution in [-0.4, -0.2) is 11.2 Å². The minimum absolute atomic E-state index is 0.773. The second-order valence-corrected chi connectivity index (χ2v) is 4.00. The Hall–Kier alpha value is -0.420. The highest BCUT2D eigenvalue weighted by atomic mass is 33.1. The largest absolute Gasteiger partial charge is 0.345 e. The fraction of sp³-hybridized carbons (Fsp3) is 0.200. The predicted octanol–water partition coefficient (Wildman–Crippen LogP) is 1.30. The number of H-pyrrole nitrogens is 1. The molecule has 1 N–H and O–H groups in total. The molecule has 0 unspecified atom stereocenters. The van der Waals surface area contributed by atoms with Gasteiger partial charge in [-0.2, -0.15) is 0 Å². The first-order valence-electron chi connectivity index (χ1n) is 2.64. The average molecular weight is 175 g/mol. The summed E-state index contributed by atoms with van der Waals surface area (Å²) < 4.78 is 0.773. The van der Waals surface area contributed by atoms with E-state index < -0.39 is 0 Å². The molecular formula is C5H7N2OS2+. The van der Waals surface area contributed by atoms with E-state index in [0.717, 1.165) is 9.45 Å². The van der Waals surface area contributed by atoms with Crippen LogP contribution in [0.2, 0.25) is 0 Å². The van der Waals surface area contributed by atoms with Gasteiger partial charge in [-0.25, -0.2) is 0 Å². The Kier molecular flexibility index (Phi) is 2.82. The van der Waals surface area contributed by atoms with Crippen molar-refractivity contribution in [3.05, 3.63) is 23.5 Å². The third-order valence-corrected chi connectivity index (χ3v) is 2.47. The van der Waals surface area contributed by atoms with Gasteiger partial charge in [0.25, 0.3) is 6.20 Å².